The van der Waals surface area contributed by atoms with Gasteiger partial charge in [-0.25, -0.2) is 0 Å². The second kappa shape index (κ2) is 5.86. The van der Waals surface area contributed by atoms with Crippen LogP contribution in [-0.4, -0.2) is 18.2 Å². The number of aliphatic hydroxyl groups is 1. The SMILES string of the molecule is OCc1cc(-c2ccccc2C2CC2)ccc1C1CCNC1. The van der Waals surface area contributed by atoms with E-state index in [4.69, 9.17) is 0 Å². The van der Waals surface area contributed by atoms with E-state index in [2.05, 4.69) is 47.8 Å². The highest BCUT2D eigenvalue weighted by Crippen LogP contribution is 2.44. The first-order valence-corrected chi connectivity index (χ1v) is 8.40. The lowest BCUT2D eigenvalue weighted by molar-refractivity contribution is 0.280. The molecule has 2 N–H and O–H groups in total. The minimum atomic E-state index is 0.130. The summed E-state index contributed by atoms with van der Waals surface area (Å²) >= 11 is 0. The minimum Gasteiger partial charge on any atom is -0.392 e. The van der Waals surface area contributed by atoms with Crippen LogP contribution in [0.1, 0.15) is 47.8 Å². The van der Waals surface area contributed by atoms with Gasteiger partial charge in [0.25, 0.3) is 0 Å². The predicted octanol–water partition coefficient (Wildman–Crippen LogP) is 3.80. The Hall–Kier alpha value is -1.64. The summed E-state index contributed by atoms with van der Waals surface area (Å²) in [6, 6.07) is 15.4. The lowest BCUT2D eigenvalue weighted by Crippen LogP contribution is -2.09. The third kappa shape index (κ3) is 2.57. The third-order valence-corrected chi connectivity index (χ3v) is 5.10. The second-order valence-corrected chi connectivity index (χ2v) is 6.62. The Kier molecular flexibility index (Phi) is 3.73. The topological polar surface area (TPSA) is 32.3 Å². The van der Waals surface area contributed by atoms with Gasteiger partial charge in [-0.2, -0.15) is 0 Å². The average molecular weight is 293 g/mol. The normalized spacial score (nSPS) is 21.2. The van der Waals surface area contributed by atoms with E-state index in [0.29, 0.717) is 5.92 Å². The Balaban J connectivity index is 1.73. The van der Waals surface area contributed by atoms with E-state index in [0.717, 1.165) is 24.6 Å². The molecule has 2 aromatic rings. The summed E-state index contributed by atoms with van der Waals surface area (Å²) in [5.41, 5.74) is 6.48. The van der Waals surface area contributed by atoms with Crippen LogP contribution >= 0.6 is 0 Å². The van der Waals surface area contributed by atoms with Crippen molar-refractivity contribution in [3.8, 4) is 11.1 Å². The van der Waals surface area contributed by atoms with Gasteiger partial charge < -0.3 is 10.4 Å². The Morgan fingerprint density at radius 3 is 2.55 bits per heavy atom. The van der Waals surface area contributed by atoms with Crippen molar-refractivity contribution in [3.05, 3.63) is 59.2 Å². The Morgan fingerprint density at radius 1 is 0.955 bits per heavy atom. The molecule has 0 radical (unpaired) electrons. The summed E-state index contributed by atoms with van der Waals surface area (Å²) in [6.45, 7) is 2.25. The highest BCUT2D eigenvalue weighted by atomic mass is 16.3. The predicted molar refractivity (Wildman–Crippen MR) is 90.0 cm³/mol. The van der Waals surface area contributed by atoms with Crippen molar-refractivity contribution in [2.75, 3.05) is 13.1 Å². The van der Waals surface area contributed by atoms with Crippen LogP contribution in [0.15, 0.2) is 42.5 Å². The molecule has 0 spiro atoms. The second-order valence-electron chi connectivity index (χ2n) is 6.62. The molecule has 2 aliphatic rings. The summed E-state index contributed by atoms with van der Waals surface area (Å²) in [4.78, 5) is 0. The first kappa shape index (κ1) is 14.0. The lowest BCUT2D eigenvalue weighted by Gasteiger charge is -2.16. The summed E-state index contributed by atoms with van der Waals surface area (Å²) in [5.74, 6) is 1.29. The molecule has 0 aromatic heterocycles. The summed E-state index contributed by atoms with van der Waals surface area (Å²) < 4.78 is 0. The van der Waals surface area contributed by atoms with Crippen LogP contribution < -0.4 is 5.32 Å². The fourth-order valence-electron chi connectivity index (χ4n) is 3.74. The number of rotatable bonds is 4. The molecule has 0 bridgehead atoms. The van der Waals surface area contributed by atoms with Crippen LogP contribution in [-0.2, 0) is 6.61 Å². The molecule has 1 aliphatic heterocycles. The minimum absolute atomic E-state index is 0.130. The van der Waals surface area contributed by atoms with Crippen molar-refractivity contribution in [2.24, 2.45) is 0 Å². The fourth-order valence-corrected chi connectivity index (χ4v) is 3.74. The molecule has 1 unspecified atom stereocenters. The largest absolute Gasteiger partial charge is 0.392 e. The molecule has 2 fully saturated rings. The first-order valence-electron chi connectivity index (χ1n) is 8.40. The summed E-state index contributed by atoms with van der Waals surface area (Å²) in [7, 11) is 0. The monoisotopic (exact) mass is 293 g/mol. The molecule has 1 atom stereocenters. The molecule has 0 amide bonds. The molecular formula is C20H23NO. The van der Waals surface area contributed by atoms with Crippen LogP contribution in [0.5, 0.6) is 0 Å². The number of aliphatic hydroxyl groups excluding tert-OH is 1. The summed E-state index contributed by atoms with van der Waals surface area (Å²) in [6.07, 6.45) is 3.80. The number of benzene rings is 2. The van der Waals surface area contributed by atoms with Gasteiger partial charge in [-0.3, -0.25) is 0 Å². The van der Waals surface area contributed by atoms with E-state index in [-0.39, 0.29) is 6.61 Å². The number of hydrogen-bond donors (Lipinski definition) is 2. The summed E-state index contributed by atoms with van der Waals surface area (Å²) in [5, 5.41) is 13.2. The van der Waals surface area contributed by atoms with E-state index in [1.807, 2.05) is 0 Å². The molecule has 1 saturated carbocycles. The van der Waals surface area contributed by atoms with E-state index in [1.165, 1.54) is 41.5 Å². The van der Waals surface area contributed by atoms with Gasteiger partial charge in [0, 0.05) is 6.54 Å². The molecule has 4 rings (SSSR count). The fraction of sp³-hybridized carbons (Fsp3) is 0.400. The first-order chi connectivity index (χ1) is 10.9. The van der Waals surface area contributed by atoms with Gasteiger partial charge in [0.05, 0.1) is 6.61 Å². The van der Waals surface area contributed by atoms with Crippen molar-refractivity contribution in [1.29, 1.82) is 0 Å². The Bertz CT molecular complexity index is 669. The van der Waals surface area contributed by atoms with Crippen LogP contribution in [0.2, 0.25) is 0 Å². The maximum Gasteiger partial charge on any atom is 0.0684 e. The highest BCUT2D eigenvalue weighted by Gasteiger charge is 2.26. The van der Waals surface area contributed by atoms with Crippen LogP contribution in [0, 0.1) is 0 Å². The van der Waals surface area contributed by atoms with E-state index < -0.39 is 0 Å². The van der Waals surface area contributed by atoms with Gasteiger partial charge in [-0.05, 0) is 71.5 Å². The maximum atomic E-state index is 9.82. The maximum absolute atomic E-state index is 9.82. The van der Waals surface area contributed by atoms with Crippen molar-refractivity contribution in [3.63, 3.8) is 0 Å². The zero-order chi connectivity index (χ0) is 14.9. The molecule has 2 aromatic carbocycles. The van der Waals surface area contributed by atoms with Crippen molar-refractivity contribution in [1.82, 2.24) is 5.32 Å². The molecular weight excluding hydrogens is 270 g/mol. The number of nitrogens with one attached hydrogen (secondary N) is 1. The van der Waals surface area contributed by atoms with Gasteiger partial charge in [0.15, 0.2) is 0 Å². The molecule has 1 heterocycles. The molecule has 2 nitrogen and oxygen atoms in total. The molecule has 22 heavy (non-hydrogen) atoms. The Labute approximate surface area is 132 Å². The van der Waals surface area contributed by atoms with E-state index in [1.54, 1.807) is 0 Å². The number of hydrogen-bond acceptors (Lipinski definition) is 2. The van der Waals surface area contributed by atoms with Crippen LogP contribution in [0.3, 0.4) is 0 Å². The highest BCUT2D eigenvalue weighted by molar-refractivity contribution is 5.70. The van der Waals surface area contributed by atoms with Gasteiger partial charge in [-0.1, -0.05) is 36.4 Å². The zero-order valence-electron chi connectivity index (χ0n) is 12.9. The van der Waals surface area contributed by atoms with Crippen molar-refractivity contribution < 1.29 is 5.11 Å². The van der Waals surface area contributed by atoms with Crippen LogP contribution in [0.4, 0.5) is 0 Å². The zero-order valence-corrected chi connectivity index (χ0v) is 12.9. The van der Waals surface area contributed by atoms with Crippen LogP contribution in [0.25, 0.3) is 11.1 Å². The van der Waals surface area contributed by atoms with E-state index in [9.17, 15) is 5.11 Å². The quantitative estimate of drug-likeness (QED) is 0.898. The van der Waals surface area contributed by atoms with Gasteiger partial charge in [0.2, 0.25) is 0 Å². The van der Waals surface area contributed by atoms with E-state index >= 15 is 0 Å². The van der Waals surface area contributed by atoms with Crippen molar-refractivity contribution in [2.45, 2.75) is 37.7 Å². The third-order valence-electron chi connectivity index (χ3n) is 5.10. The molecule has 2 heteroatoms. The van der Waals surface area contributed by atoms with Gasteiger partial charge in [-0.15, -0.1) is 0 Å². The lowest BCUT2D eigenvalue weighted by atomic mass is 9.89. The molecule has 114 valence electrons. The average Bonchev–Trinajstić information content (AvgIpc) is 3.29. The molecule has 1 saturated heterocycles. The van der Waals surface area contributed by atoms with Crippen molar-refractivity contribution >= 4 is 0 Å². The van der Waals surface area contributed by atoms with Gasteiger partial charge in [0.1, 0.15) is 0 Å². The Morgan fingerprint density at radius 2 is 1.82 bits per heavy atom. The van der Waals surface area contributed by atoms with Gasteiger partial charge >= 0.3 is 0 Å². The standard InChI is InChI=1S/C20H23NO/c22-13-17-11-15(7-8-18(17)16-9-10-21-12-16)20-4-2-1-3-19(20)14-5-6-14/h1-4,7-8,11,14,16,21-22H,5-6,9-10,12-13H2. The molecule has 1 aliphatic carbocycles. The smallest absolute Gasteiger partial charge is 0.0684 e.